The van der Waals surface area contributed by atoms with E-state index in [2.05, 4.69) is 10.3 Å². The highest BCUT2D eigenvalue weighted by molar-refractivity contribution is 6.30. The Hall–Kier alpha value is -2.79. The minimum Gasteiger partial charge on any atom is -0.511 e. The zero-order valence-corrected chi connectivity index (χ0v) is 13.5. The lowest BCUT2D eigenvalue weighted by molar-refractivity contribution is -0.112. The molecule has 0 aromatic heterocycles. The zero-order chi connectivity index (χ0) is 17.1. The molecular formula is C18H16ClN3O2. The second-order valence-corrected chi connectivity index (χ2v) is 5.86. The number of aliphatic hydroxyl groups is 1. The molecular weight excluding hydrogens is 326 g/mol. The number of halogens is 1. The summed E-state index contributed by atoms with van der Waals surface area (Å²) in [6.07, 6.45) is 0.230. The normalized spacial score (nSPS) is 17.4. The van der Waals surface area contributed by atoms with Crippen LogP contribution in [0.1, 0.15) is 18.0 Å². The highest BCUT2D eigenvalue weighted by Crippen LogP contribution is 2.30. The van der Waals surface area contributed by atoms with Crippen LogP contribution < -0.4 is 11.1 Å². The number of aliphatic imine (C=N–C) groups is 1. The van der Waals surface area contributed by atoms with Crippen LogP contribution in [-0.4, -0.2) is 16.8 Å². The number of nitrogens with zero attached hydrogens (tertiary/aromatic N) is 1. The first-order valence-corrected chi connectivity index (χ1v) is 7.80. The van der Waals surface area contributed by atoms with Crippen molar-refractivity contribution in [1.29, 1.82) is 0 Å². The van der Waals surface area contributed by atoms with Crippen LogP contribution in [0.3, 0.4) is 0 Å². The molecule has 1 unspecified atom stereocenters. The van der Waals surface area contributed by atoms with E-state index in [1.165, 1.54) is 0 Å². The molecule has 0 spiro atoms. The fourth-order valence-electron chi connectivity index (χ4n) is 2.55. The van der Waals surface area contributed by atoms with E-state index in [1.54, 1.807) is 24.3 Å². The van der Waals surface area contributed by atoms with Gasteiger partial charge in [0.05, 0.1) is 6.04 Å². The molecule has 0 fully saturated rings. The molecule has 122 valence electrons. The van der Waals surface area contributed by atoms with Gasteiger partial charge in [-0.05, 0) is 29.8 Å². The number of carbonyl (C=O) groups is 1. The summed E-state index contributed by atoms with van der Waals surface area (Å²) in [5.41, 5.74) is 7.43. The minimum absolute atomic E-state index is 0.0112. The van der Waals surface area contributed by atoms with Crippen LogP contribution in [0, 0.1) is 0 Å². The van der Waals surface area contributed by atoms with Crippen molar-refractivity contribution in [2.45, 2.75) is 12.5 Å². The van der Waals surface area contributed by atoms with Crippen molar-refractivity contribution in [2.24, 2.45) is 10.7 Å². The van der Waals surface area contributed by atoms with E-state index >= 15 is 0 Å². The van der Waals surface area contributed by atoms with Crippen molar-refractivity contribution in [1.82, 2.24) is 0 Å². The van der Waals surface area contributed by atoms with E-state index in [0.717, 1.165) is 5.56 Å². The van der Waals surface area contributed by atoms with Crippen molar-refractivity contribution in [3.63, 3.8) is 0 Å². The standard InChI is InChI=1S/C18H16ClN3O2/c19-12-6-8-13(9-7-12)21-18(24)16-15(23)10-14(22-17(16)20)11-4-2-1-3-5-11/h1-9,14,23H,10H2,(H2,20,22)(H,21,24). The Balaban J connectivity index is 1.80. The molecule has 0 saturated heterocycles. The van der Waals surface area contributed by atoms with E-state index in [4.69, 9.17) is 17.3 Å². The maximum absolute atomic E-state index is 12.4. The predicted octanol–water partition coefficient (Wildman–Crippen LogP) is 3.59. The summed E-state index contributed by atoms with van der Waals surface area (Å²) >= 11 is 5.82. The fraction of sp³-hybridized carbons (Fsp3) is 0.111. The summed E-state index contributed by atoms with van der Waals surface area (Å²) in [4.78, 5) is 16.7. The van der Waals surface area contributed by atoms with Crippen molar-refractivity contribution >= 4 is 29.0 Å². The molecule has 2 aromatic rings. The molecule has 6 heteroatoms. The van der Waals surface area contributed by atoms with E-state index in [0.29, 0.717) is 10.7 Å². The summed E-state index contributed by atoms with van der Waals surface area (Å²) in [7, 11) is 0. The van der Waals surface area contributed by atoms with Gasteiger partial charge in [0.1, 0.15) is 17.2 Å². The monoisotopic (exact) mass is 341 g/mol. The van der Waals surface area contributed by atoms with E-state index in [9.17, 15) is 9.90 Å². The lowest BCUT2D eigenvalue weighted by atomic mass is 9.97. The third kappa shape index (κ3) is 3.41. The van der Waals surface area contributed by atoms with Crippen LogP contribution in [0.15, 0.2) is 70.9 Å². The summed E-state index contributed by atoms with van der Waals surface area (Å²) in [6, 6.07) is 15.9. The Bertz CT molecular complexity index is 814. The van der Waals surface area contributed by atoms with Crippen LogP contribution in [0.5, 0.6) is 0 Å². The van der Waals surface area contributed by atoms with Gasteiger partial charge in [-0.25, -0.2) is 0 Å². The highest BCUT2D eigenvalue weighted by atomic mass is 35.5. The molecule has 2 aromatic carbocycles. The first-order chi connectivity index (χ1) is 11.5. The van der Waals surface area contributed by atoms with Crippen molar-refractivity contribution in [3.8, 4) is 0 Å². The summed E-state index contributed by atoms with van der Waals surface area (Å²) in [5, 5.41) is 13.5. The van der Waals surface area contributed by atoms with Crippen LogP contribution in [0.4, 0.5) is 5.69 Å². The predicted molar refractivity (Wildman–Crippen MR) is 95.2 cm³/mol. The number of amidine groups is 1. The average Bonchev–Trinajstić information content (AvgIpc) is 2.57. The number of hydrogen-bond acceptors (Lipinski definition) is 4. The van der Waals surface area contributed by atoms with Crippen LogP contribution >= 0.6 is 11.6 Å². The SMILES string of the molecule is NC1=NC(c2ccccc2)CC(O)=C1C(=O)Nc1ccc(Cl)cc1. The molecule has 1 aliphatic heterocycles. The third-order valence-electron chi connectivity index (χ3n) is 3.74. The topological polar surface area (TPSA) is 87.7 Å². The number of anilines is 1. The minimum atomic E-state index is -0.498. The van der Waals surface area contributed by atoms with Gasteiger partial charge in [-0.15, -0.1) is 0 Å². The van der Waals surface area contributed by atoms with Crippen molar-refractivity contribution in [2.75, 3.05) is 5.32 Å². The maximum Gasteiger partial charge on any atom is 0.262 e. The number of benzene rings is 2. The second-order valence-electron chi connectivity index (χ2n) is 5.43. The molecule has 5 nitrogen and oxygen atoms in total. The molecule has 0 aliphatic carbocycles. The molecule has 1 heterocycles. The zero-order valence-electron chi connectivity index (χ0n) is 12.7. The van der Waals surface area contributed by atoms with E-state index < -0.39 is 5.91 Å². The molecule has 4 N–H and O–H groups in total. The fourth-order valence-corrected chi connectivity index (χ4v) is 2.68. The van der Waals surface area contributed by atoms with Crippen molar-refractivity contribution in [3.05, 3.63) is 76.5 Å². The molecule has 1 atom stereocenters. The van der Waals surface area contributed by atoms with E-state index in [1.807, 2.05) is 30.3 Å². The van der Waals surface area contributed by atoms with Gasteiger partial charge in [0, 0.05) is 17.1 Å². The molecule has 0 bridgehead atoms. The van der Waals surface area contributed by atoms with Crippen molar-refractivity contribution < 1.29 is 9.90 Å². The van der Waals surface area contributed by atoms with Gasteiger partial charge >= 0.3 is 0 Å². The highest BCUT2D eigenvalue weighted by Gasteiger charge is 2.27. The third-order valence-corrected chi connectivity index (χ3v) is 3.99. The number of hydrogen-bond donors (Lipinski definition) is 3. The largest absolute Gasteiger partial charge is 0.511 e. The molecule has 0 radical (unpaired) electrons. The van der Waals surface area contributed by atoms with Gasteiger partial charge in [-0.2, -0.15) is 0 Å². The van der Waals surface area contributed by atoms with Gasteiger partial charge in [0.2, 0.25) is 0 Å². The average molecular weight is 342 g/mol. The van der Waals surface area contributed by atoms with Gasteiger partial charge in [0.25, 0.3) is 5.91 Å². The Labute approximate surface area is 144 Å². The Morgan fingerprint density at radius 2 is 1.83 bits per heavy atom. The Morgan fingerprint density at radius 1 is 1.17 bits per heavy atom. The Morgan fingerprint density at radius 3 is 2.46 bits per heavy atom. The van der Waals surface area contributed by atoms with Crippen LogP contribution in [0.25, 0.3) is 0 Å². The maximum atomic E-state index is 12.4. The molecule has 3 rings (SSSR count). The van der Waals surface area contributed by atoms with E-state index in [-0.39, 0.29) is 29.6 Å². The molecule has 1 amide bonds. The number of nitrogens with two attached hydrogens (primary N) is 1. The lowest BCUT2D eigenvalue weighted by Crippen LogP contribution is -2.31. The first kappa shape index (κ1) is 16.1. The lowest BCUT2D eigenvalue weighted by Gasteiger charge is -2.21. The van der Waals surface area contributed by atoms with Gasteiger partial charge in [-0.1, -0.05) is 41.9 Å². The smallest absolute Gasteiger partial charge is 0.262 e. The molecule has 24 heavy (non-hydrogen) atoms. The second kappa shape index (κ2) is 6.76. The van der Waals surface area contributed by atoms with Gasteiger partial charge in [-0.3, -0.25) is 9.79 Å². The van der Waals surface area contributed by atoms with Gasteiger partial charge < -0.3 is 16.2 Å². The number of amides is 1. The first-order valence-electron chi connectivity index (χ1n) is 7.42. The molecule has 1 aliphatic rings. The van der Waals surface area contributed by atoms with Crippen LogP contribution in [0.2, 0.25) is 5.02 Å². The number of carbonyl (C=O) groups excluding carboxylic acids is 1. The molecule has 0 saturated carbocycles. The van der Waals surface area contributed by atoms with Crippen LogP contribution in [-0.2, 0) is 4.79 Å². The number of rotatable bonds is 3. The summed E-state index contributed by atoms with van der Waals surface area (Å²) in [5.74, 6) is -0.538. The number of aliphatic hydroxyl groups excluding tert-OH is 1. The summed E-state index contributed by atoms with van der Waals surface area (Å²) in [6.45, 7) is 0. The number of nitrogens with one attached hydrogen (secondary N) is 1. The Kier molecular flexibility index (Phi) is 4.53. The quantitative estimate of drug-likeness (QED) is 0.797. The summed E-state index contributed by atoms with van der Waals surface area (Å²) < 4.78 is 0. The van der Waals surface area contributed by atoms with Gasteiger partial charge in [0.15, 0.2) is 0 Å². The number of dihydropyridines is 1.